The minimum atomic E-state index is -0.567. The minimum absolute atomic E-state index is 0.0823. The molecule has 0 bridgehead atoms. The highest BCUT2D eigenvalue weighted by Crippen LogP contribution is 2.25. The summed E-state index contributed by atoms with van der Waals surface area (Å²) in [7, 11) is 0. The van der Waals surface area contributed by atoms with Crippen molar-refractivity contribution >= 4 is 5.69 Å². The molecule has 0 radical (unpaired) electrons. The predicted octanol–water partition coefficient (Wildman–Crippen LogP) is 1.32. The number of piperidine rings is 1. The number of benzene rings is 1. The molecule has 90 valence electrons. The third-order valence-corrected chi connectivity index (χ3v) is 3.27. The lowest BCUT2D eigenvalue weighted by Gasteiger charge is -2.28. The van der Waals surface area contributed by atoms with Crippen LogP contribution in [-0.4, -0.2) is 17.7 Å². The molecule has 1 heterocycles. The summed E-state index contributed by atoms with van der Waals surface area (Å²) in [6.07, 6.45) is 2.69. The number of aliphatic hydroxyl groups excluding tert-OH is 1. The zero-order valence-corrected chi connectivity index (χ0v) is 9.69. The molecule has 2 unspecified atom stereocenters. The molecule has 1 aromatic carbocycles. The van der Waals surface area contributed by atoms with Crippen LogP contribution in [-0.2, 0) is 0 Å². The van der Waals surface area contributed by atoms with Crippen LogP contribution in [0, 0.1) is 11.3 Å². The molecule has 17 heavy (non-hydrogen) atoms. The Bertz CT molecular complexity index is 433. The van der Waals surface area contributed by atoms with Gasteiger partial charge in [-0.25, -0.2) is 0 Å². The maximum atomic E-state index is 10.2. The average molecular weight is 231 g/mol. The number of nitrogens with zero attached hydrogens (tertiary/aromatic N) is 1. The summed E-state index contributed by atoms with van der Waals surface area (Å²) in [5.74, 6) is 0. The van der Waals surface area contributed by atoms with Gasteiger partial charge in [0.1, 0.15) is 6.07 Å². The summed E-state index contributed by atoms with van der Waals surface area (Å²) in [5.41, 5.74) is 7.30. The number of nitrogens with two attached hydrogens (primary N) is 1. The van der Waals surface area contributed by atoms with E-state index in [1.807, 2.05) is 6.07 Å². The van der Waals surface area contributed by atoms with E-state index in [0.29, 0.717) is 11.3 Å². The van der Waals surface area contributed by atoms with Crippen LogP contribution in [0.4, 0.5) is 5.69 Å². The molecule has 2 rings (SSSR count). The molecular weight excluding hydrogens is 214 g/mol. The fourth-order valence-corrected chi connectivity index (χ4v) is 2.24. The number of hydrogen-bond donors (Lipinski definition) is 3. The highest BCUT2D eigenvalue weighted by molar-refractivity contribution is 5.55. The molecular formula is C13H17N3O. The second-order valence-corrected chi connectivity index (χ2v) is 4.46. The Balaban J connectivity index is 2.18. The minimum Gasteiger partial charge on any atom is -0.398 e. The van der Waals surface area contributed by atoms with Crippen LogP contribution in [0.3, 0.4) is 0 Å². The molecule has 0 amide bonds. The van der Waals surface area contributed by atoms with Gasteiger partial charge in [-0.1, -0.05) is 12.5 Å². The smallest absolute Gasteiger partial charge is 0.101 e. The lowest BCUT2D eigenvalue weighted by Crippen LogP contribution is -2.38. The lowest BCUT2D eigenvalue weighted by atomic mass is 9.94. The number of aliphatic hydroxyl groups is 1. The van der Waals surface area contributed by atoms with Crippen LogP contribution in [0.5, 0.6) is 0 Å². The number of nitrogen functional groups attached to an aromatic ring is 1. The van der Waals surface area contributed by atoms with E-state index in [9.17, 15) is 5.11 Å². The van der Waals surface area contributed by atoms with Crippen molar-refractivity contribution in [1.82, 2.24) is 5.32 Å². The van der Waals surface area contributed by atoms with E-state index in [0.717, 1.165) is 31.4 Å². The molecule has 0 aromatic heterocycles. The van der Waals surface area contributed by atoms with Gasteiger partial charge in [0.2, 0.25) is 0 Å². The van der Waals surface area contributed by atoms with Crippen molar-refractivity contribution in [2.45, 2.75) is 31.4 Å². The molecule has 2 atom stereocenters. The second kappa shape index (κ2) is 5.17. The molecule has 1 fully saturated rings. The number of nitrogens with one attached hydrogen (secondary N) is 1. The first-order valence-electron chi connectivity index (χ1n) is 5.93. The predicted molar refractivity (Wildman–Crippen MR) is 66.2 cm³/mol. The van der Waals surface area contributed by atoms with Gasteiger partial charge in [-0.2, -0.15) is 5.26 Å². The zero-order valence-electron chi connectivity index (χ0n) is 9.69. The van der Waals surface area contributed by atoms with Gasteiger partial charge in [0.25, 0.3) is 0 Å². The van der Waals surface area contributed by atoms with E-state index in [1.165, 1.54) is 0 Å². The van der Waals surface area contributed by atoms with Gasteiger partial charge in [-0.05, 0) is 37.1 Å². The molecule has 0 saturated carbocycles. The van der Waals surface area contributed by atoms with Crippen LogP contribution in [0.1, 0.15) is 36.5 Å². The maximum absolute atomic E-state index is 10.2. The number of hydrogen-bond acceptors (Lipinski definition) is 4. The van der Waals surface area contributed by atoms with E-state index >= 15 is 0 Å². The van der Waals surface area contributed by atoms with Gasteiger partial charge in [-0.15, -0.1) is 0 Å². The summed E-state index contributed by atoms with van der Waals surface area (Å²) in [4.78, 5) is 0. The largest absolute Gasteiger partial charge is 0.398 e. The van der Waals surface area contributed by atoms with Crippen molar-refractivity contribution in [3.05, 3.63) is 29.3 Å². The van der Waals surface area contributed by atoms with E-state index in [1.54, 1.807) is 18.2 Å². The Labute approximate surface area is 101 Å². The van der Waals surface area contributed by atoms with Crippen LogP contribution in [0.15, 0.2) is 18.2 Å². The monoisotopic (exact) mass is 231 g/mol. The van der Waals surface area contributed by atoms with Crippen molar-refractivity contribution in [3.63, 3.8) is 0 Å². The van der Waals surface area contributed by atoms with Gasteiger partial charge in [0.15, 0.2) is 0 Å². The molecule has 0 spiro atoms. The standard InChI is InChI=1S/C13H17N3O/c14-8-10-7-9(4-5-11(10)15)13(17)12-3-1-2-6-16-12/h4-5,7,12-13,16-17H,1-3,6,15H2. The first-order chi connectivity index (χ1) is 8.22. The molecule has 4 heteroatoms. The topological polar surface area (TPSA) is 82.1 Å². The maximum Gasteiger partial charge on any atom is 0.101 e. The fourth-order valence-electron chi connectivity index (χ4n) is 2.24. The Morgan fingerprint density at radius 2 is 2.29 bits per heavy atom. The van der Waals surface area contributed by atoms with E-state index < -0.39 is 6.10 Å². The first kappa shape index (κ1) is 11.9. The third kappa shape index (κ3) is 2.57. The Morgan fingerprint density at radius 1 is 1.47 bits per heavy atom. The summed E-state index contributed by atoms with van der Waals surface area (Å²) in [6.45, 7) is 0.946. The van der Waals surface area contributed by atoms with Gasteiger partial charge < -0.3 is 16.2 Å². The van der Waals surface area contributed by atoms with Crippen molar-refractivity contribution in [3.8, 4) is 6.07 Å². The molecule has 0 aliphatic carbocycles. The highest BCUT2D eigenvalue weighted by atomic mass is 16.3. The zero-order chi connectivity index (χ0) is 12.3. The second-order valence-electron chi connectivity index (χ2n) is 4.46. The summed E-state index contributed by atoms with van der Waals surface area (Å²) >= 11 is 0. The summed E-state index contributed by atoms with van der Waals surface area (Å²) < 4.78 is 0. The van der Waals surface area contributed by atoms with Crippen molar-refractivity contribution < 1.29 is 5.11 Å². The highest BCUT2D eigenvalue weighted by Gasteiger charge is 2.22. The summed E-state index contributed by atoms with van der Waals surface area (Å²) in [6, 6.07) is 7.27. The Hall–Kier alpha value is -1.57. The molecule has 1 aliphatic rings. The molecule has 4 nitrogen and oxygen atoms in total. The lowest BCUT2D eigenvalue weighted by molar-refractivity contribution is 0.114. The first-order valence-corrected chi connectivity index (χ1v) is 5.93. The van der Waals surface area contributed by atoms with Gasteiger partial charge in [0.05, 0.1) is 11.7 Å². The average Bonchev–Trinajstić information content (AvgIpc) is 2.39. The molecule has 1 aromatic rings. The van der Waals surface area contributed by atoms with Crippen LogP contribution < -0.4 is 11.1 Å². The fraction of sp³-hybridized carbons (Fsp3) is 0.462. The van der Waals surface area contributed by atoms with E-state index in [-0.39, 0.29) is 6.04 Å². The number of rotatable bonds is 2. The summed E-state index contributed by atoms with van der Waals surface area (Å²) in [5, 5.41) is 22.5. The van der Waals surface area contributed by atoms with Gasteiger partial charge >= 0.3 is 0 Å². The van der Waals surface area contributed by atoms with E-state index in [2.05, 4.69) is 5.32 Å². The van der Waals surface area contributed by atoms with Gasteiger partial charge in [-0.3, -0.25) is 0 Å². The van der Waals surface area contributed by atoms with Crippen LogP contribution in [0.25, 0.3) is 0 Å². The molecule has 1 aliphatic heterocycles. The normalized spacial score (nSPS) is 21.8. The third-order valence-electron chi connectivity index (χ3n) is 3.27. The number of nitriles is 1. The SMILES string of the molecule is N#Cc1cc(C(O)C2CCCCN2)ccc1N. The van der Waals surface area contributed by atoms with Crippen molar-refractivity contribution in [2.75, 3.05) is 12.3 Å². The van der Waals surface area contributed by atoms with Crippen LogP contribution in [0.2, 0.25) is 0 Å². The quantitative estimate of drug-likeness (QED) is 0.670. The Morgan fingerprint density at radius 3 is 2.94 bits per heavy atom. The number of anilines is 1. The van der Waals surface area contributed by atoms with Gasteiger partial charge in [0, 0.05) is 11.7 Å². The molecule has 1 saturated heterocycles. The van der Waals surface area contributed by atoms with Crippen molar-refractivity contribution in [1.29, 1.82) is 5.26 Å². The van der Waals surface area contributed by atoms with E-state index in [4.69, 9.17) is 11.0 Å². The molecule has 4 N–H and O–H groups in total. The van der Waals surface area contributed by atoms with Crippen molar-refractivity contribution in [2.24, 2.45) is 0 Å². The Kier molecular flexibility index (Phi) is 3.62. The van der Waals surface area contributed by atoms with Crippen LogP contribution >= 0.6 is 0 Å².